The van der Waals surface area contributed by atoms with Gasteiger partial charge in [-0.25, -0.2) is 0 Å². The van der Waals surface area contributed by atoms with Gasteiger partial charge in [-0.2, -0.15) is 12.6 Å². The maximum absolute atomic E-state index is 4.34. The van der Waals surface area contributed by atoms with Crippen LogP contribution in [0.2, 0.25) is 0 Å². The minimum Gasteiger partial charge on any atom is -0.179 e. The summed E-state index contributed by atoms with van der Waals surface area (Å²) in [6.45, 7) is 0. The molecule has 0 N–H and O–H groups in total. The molecule has 0 aliphatic heterocycles. The molecule has 0 aromatic rings. The maximum atomic E-state index is 4.34. The van der Waals surface area contributed by atoms with E-state index < -0.39 is 0 Å². The van der Waals surface area contributed by atoms with Gasteiger partial charge in [0.2, 0.25) is 0 Å². The topological polar surface area (TPSA) is 0 Å². The van der Waals surface area contributed by atoms with E-state index in [1.165, 1.54) is 12.8 Å². The Hall–Kier alpha value is 1.05. The van der Waals surface area contributed by atoms with Crippen LogP contribution < -0.4 is 0 Å². The van der Waals surface area contributed by atoms with E-state index >= 15 is 0 Å². The second-order valence-corrected chi connectivity index (χ2v) is 5.16. The fraction of sp³-hybridized carbons (Fsp3) is 1.00. The molecule has 4 unspecified atom stereocenters. The molecule has 3 heteroatoms. The molecular weight excluding hydrogens is 180 g/mol. The molecule has 0 radical (unpaired) electrons. The minimum absolute atomic E-state index is 0.825. The molecule has 2 aliphatic rings. The molecule has 2 saturated carbocycles. The summed E-state index contributed by atoms with van der Waals surface area (Å²) in [6, 6.07) is 0. The minimum atomic E-state index is 0.825. The number of rotatable bonds is 2. The lowest BCUT2D eigenvalue weighted by atomic mass is 10.1. The van der Waals surface area contributed by atoms with Gasteiger partial charge < -0.3 is 0 Å². The SMILES string of the molecule is SCC1CC2CC2C1SS. The van der Waals surface area contributed by atoms with Crippen LogP contribution in [0.15, 0.2) is 0 Å². The lowest BCUT2D eigenvalue weighted by molar-refractivity contribution is 0.560. The monoisotopic (exact) mass is 192 g/mol. The standard InChI is InChI=1S/C7H12S3/c8-3-5-1-4-2-6(4)7(5)10-9/h4-9H,1-3H2. The van der Waals surface area contributed by atoms with Crippen LogP contribution in [0.1, 0.15) is 12.8 Å². The lowest BCUT2D eigenvalue weighted by Gasteiger charge is -2.16. The third kappa shape index (κ3) is 1.10. The number of hydrogen-bond acceptors (Lipinski definition) is 3. The summed E-state index contributed by atoms with van der Waals surface area (Å²) in [6.07, 6.45) is 2.90. The van der Waals surface area contributed by atoms with Gasteiger partial charge in [0.15, 0.2) is 0 Å². The summed E-state index contributed by atoms with van der Waals surface area (Å²) in [7, 11) is 1.76. The Morgan fingerprint density at radius 3 is 2.70 bits per heavy atom. The van der Waals surface area contributed by atoms with Gasteiger partial charge in [-0.1, -0.05) is 10.8 Å². The van der Waals surface area contributed by atoms with E-state index in [1.807, 2.05) is 0 Å². The van der Waals surface area contributed by atoms with Crippen molar-refractivity contribution in [2.45, 2.75) is 18.1 Å². The fourth-order valence-corrected chi connectivity index (χ4v) is 4.53. The van der Waals surface area contributed by atoms with Crippen molar-refractivity contribution in [3.05, 3.63) is 0 Å². The quantitative estimate of drug-likeness (QED) is 0.501. The van der Waals surface area contributed by atoms with Crippen LogP contribution in [-0.4, -0.2) is 11.0 Å². The van der Waals surface area contributed by atoms with E-state index in [0.29, 0.717) is 0 Å². The van der Waals surface area contributed by atoms with Gasteiger partial charge in [-0.05, 0) is 36.3 Å². The summed E-state index contributed by atoms with van der Waals surface area (Å²) >= 11 is 8.64. The van der Waals surface area contributed by atoms with E-state index in [0.717, 1.165) is 28.8 Å². The van der Waals surface area contributed by atoms with Crippen LogP contribution in [0.4, 0.5) is 0 Å². The first kappa shape index (κ1) is 7.69. The van der Waals surface area contributed by atoms with Crippen molar-refractivity contribution in [3.8, 4) is 0 Å². The Balaban J connectivity index is 1.98. The predicted octanol–water partition coefficient (Wildman–Crippen LogP) is 2.52. The fourth-order valence-electron chi connectivity index (χ4n) is 2.16. The Bertz CT molecular complexity index is 137. The van der Waals surface area contributed by atoms with Gasteiger partial charge >= 0.3 is 0 Å². The second kappa shape index (κ2) is 2.83. The molecule has 0 amide bonds. The molecule has 0 aromatic heterocycles. The van der Waals surface area contributed by atoms with Gasteiger partial charge in [-0.3, -0.25) is 0 Å². The molecule has 2 rings (SSSR count). The van der Waals surface area contributed by atoms with Crippen molar-refractivity contribution in [2.75, 3.05) is 5.75 Å². The smallest absolute Gasteiger partial charge is 0.0216 e. The van der Waals surface area contributed by atoms with Crippen LogP contribution in [-0.2, 0) is 0 Å². The third-order valence-electron chi connectivity index (χ3n) is 2.83. The van der Waals surface area contributed by atoms with Gasteiger partial charge in [0, 0.05) is 5.25 Å². The van der Waals surface area contributed by atoms with E-state index in [4.69, 9.17) is 0 Å². The molecule has 58 valence electrons. The number of hydrogen-bond donors (Lipinski definition) is 2. The van der Waals surface area contributed by atoms with Crippen LogP contribution in [0.5, 0.6) is 0 Å². The highest BCUT2D eigenvalue weighted by Crippen LogP contribution is 2.59. The summed E-state index contributed by atoms with van der Waals surface area (Å²) in [5.41, 5.74) is 0. The molecule has 2 aliphatic carbocycles. The molecule has 0 bridgehead atoms. The van der Waals surface area contributed by atoms with Gasteiger partial charge in [0.1, 0.15) is 0 Å². The molecule has 2 fully saturated rings. The zero-order valence-corrected chi connectivity index (χ0v) is 8.34. The van der Waals surface area contributed by atoms with Gasteiger partial charge in [0.25, 0.3) is 0 Å². The van der Waals surface area contributed by atoms with E-state index in [2.05, 4.69) is 24.3 Å². The second-order valence-electron chi connectivity index (χ2n) is 3.41. The molecule has 4 atom stereocenters. The van der Waals surface area contributed by atoms with Crippen LogP contribution in [0, 0.1) is 17.8 Å². The molecule has 0 saturated heterocycles. The van der Waals surface area contributed by atoms with Crippen molar-refractivity contribution in [3.63, 3.8) is 0 Å². The highest BCUT2D eigenvalue weighted by Gasteiger charge is 2.52. The van der Waals surface area contributed by atoms with Gasteiger partial charge in [-0.15, -0.1) is 11.7 Å². The molecule has 0 aromatic carbocycles. The van der Waals surface area contributed by atoms with E-state index in [-0.39, 0.29) is 0 Å². The summed E-state index contributed by atoms with van der Waals surface area (Å²) in [4.78, 5) is 0. The predicted molar refractivity (Wildman–Crippen MR) is 53.9 cm³/mol. The Morgan fingerprint density at radius 2 is 2.20 bits per heavy atom. The average molecular weight is 192 g/mol. The first-order chi connectivity index (χ1) is 4.86. The summed E-state index contributed by atoms with van der Waals surface area (Å²) in [5.74, 6) is 3.99. The molecule has 0 spiro atoms. The number of fused-ring (bicyclic) bond motifs is 1. The van der Waals surface area contributed by atoms with Crippen molar-refractivity contribution in [1.29, 1.82) is 0 Å². The lowest BCUT2D eigenvalue weighted by Crippen LogP contribution is -2.14. The van der Waals surface area contributed by atoms with Crippen molar-refractivity contribution in [2.24, 2.45) is 17.8 Å². The highest BCUT2D eigenvalue weighted by atomic mass is 33.1. The maximum Gasteiger partial charge on any atom is 0.0216 e. The van der Waals surface area contributed by atoms with Crippen molar-refractivity contribution >= 4 is 35.1 Å². The largest absolute Gasteiger partial charge is 0.179 e. The molecule has 0 nitrogen and oxygen atoms in total. The van der Waals surface area contributed by atoms with E-state index in [9.17, 15) is 0 Å². The first-order valence-corrected chi connectivity index (χ1v) is 6.34. The zero-order chi connectivity index (χ0) is 7.14. The molecule has 0 heterocycles. The summed E-state index contributed by atoms with van der Waals surface area (Å²) < 4.78 is 0. The van der Waals surface area contributed by atoms with Gasteiger partial charge in [0.05, 0.1) is 0 Å². The first-order valence-electron chi connectivity index (χ1n) is 3.78. The Labute approximate surface area is 76.8 Å². The van der Waals surface area contributed by atoms with Crippen LogP contribution in [0.25, 0.3) is 0 Å². The Kier molecular flexibility index (Phi) is 2.18. The number of thiol groups is 2. The van der Waals surface area contributed by atoms with E-state index in [1.54, 1.807) is 10.8 Å². The molecule has 10 heavy (non-hydrogen) atoms. The van der Waals surface area contributed by atoms with Crippen LogP contribution >= 0.6 is 35.1 Å². The third-order valence-corrected chi connectivity index (χ3v) is 5.00. The zero-order valence-electron chi connectivity index (χ0n) is 5.73. The normalized spacial score (nSPS) is 51.0. The van der Waals surface area contributed by atoms with Crippen molar-refractivity contribution in [1.82, 2.24) is 0 Å². The Morgan fingerprint density at radius 1 is 1.40 bits per heavy atom. The molecular formula is C7H12S3. The highest BCUT2D eigenvalue weighted by molar-refractivity contribution is 8.68. The average Bonchev–Trinajstić information content (AvgIpc) is 2.63. The summed E-state index contributed by atoms with van der Waals surface area (Å²) in [5, 5.41) is 0.825. The van der Waals surface area contributed by atoms with Crippen molar-refractivity contribution < 1.29 is 0 Å². The van der Waals surface area contributed by atoms with Crippen LogP contribution in [0.3, 0.4) is 0 Å².